The highest BCUT2D eigenvalue weighted by atomic mass is 19.2. The van der Waals surface area contributed by atoms with Crippen molar-refractivity contribution in [2.75, 3.05) is 26.3 Å². The number of ether oxygens (including phenoxy) is 2. The third-order valence-corrected chi connectivity index (χ3v) is 3.86. The predicted octanol–water partition coefficient (Wildman–Crippen LogP) is 3.02. The topological polar surface area (TPSA) is 38.8 Å². The molecule has 4 nitrogen and oxygen atoms in total. The van der Waals surface area contributed by atoms with Crippen LogP contribution in [0.15, 0.2) is 42.5 Å². The van der Waals surface area contributed by atoms with E-state index in [1.165, 1.54) is 29.2 Å². The summed E-state index contributed by atoms with van der Waals surface area (Å²) in [6.45, 7) is 0.907. The van der Waals surface area contributed by atoms with Crippen molar-refractivity contribution >= 4 is 5.91 Å². The van der Waals surface area contributed by atoms with Gasteiger partial charge in [0.1, 0.15) is 24.3 Å². The van der Waals surface area contributed by atoms with E-state index in [2.05, 4.69) is 0 Å². The van der Waals surface area contributed by atoms with E-state index in [0.29, 0.717) is 6.54 Å². The van der Waals surface area contributed by atoms with Crippen LogP contribution in [-0.4, -0.2) is 43.2 Å². The first-order valence-electron chi connectivity index (χ1n) is 7.78. The first-order chi connectivity index (χ1) is 12.0. The van der Waals surface area contributed by atoms with Crippen LogP contribution in [0.3, 0.4) is 0 Å². The number of morpholine rings is 1. The number of carbonyl (C=O) groups is 1. The maximum atomic E-state index is 13.8. The molecule has 25 heavy (non-hydrogen) atoms. The summed E-state index contributed by atoms with van der Waals surface area (Å²) in [4.78, 5) is 13.9. The molecule has 1 aliphatic rings. The minimum Gasteiger partial charge on any atom is -0.491 e. The zero-order chi connectivity index (χ0) is 17.8. The molecule has 3 rings (SSSR count). The maximum Gasteiger partial charge on any atom is 0.256 e. The third kappa shape index (κ3) is 4.11. The lowest BCUT2D eigenvalue weighted by molar-refractivity contribution is -0.0402. The Hall–Kier alpha value is -2.54. The second-order valence-electron chi connectivity index (χ2n) is 5.61. The summed E-state index contributed by atoms with van der Waals surface area (Å²) in [5.41, 5.74) is 0.00433. The van der Waals surface area contributed by atoms with Crippen LogP contribution in [0.25, 0.3) is 0 Å². The van der Waals surface area contributed by atoms with Crippen molar-refractivity contribution in [3.8, 4) is 5.75 Å². The normalized spacial score (nSPS) is 17.4. The Morgan fingerprint density at radius 1 is 1.12 bits per heavy atom. The van der Waals surface area contributed by atoms with Crippen LogP contribution in [0, 0.1) is 17.5 Å². The summed E-state index contributed by atoms with van der Waals surface area (Å²) >= 11 is 0. The number of hydrogen-bond acceptors (Lipinski definition) is 3. The first kappa shape index (κ1) is 17.3. The van der Waals surface area contributed by atoms with Gasteiger partial charge in [0, 0.05) is 12.6 Å². The molecule has 2 aromatic rings. The molecule has 1 saturated heterocycles. The zero-order valence-corrected chi connectivity index (χ0v) is 13.3. The lowest BCUT2D eigenvalue weighted by Gasteiger charge is -2.33. The average molecular weight is 351 g/mol. The van der Waals surface area contributed by atoms with Crippen LogP contribution in [0.1, 0.15) is 10.4 Å². The molecule has 0 aromatic heterocycles. The summed E-state index contributed by atoms with van der Waals surface area (Å²) in [5, 5.41) is 0. The molecule has 1 amide bonds. The first-order valence-corrected chi connectivity index (χ1v) is 7.78. The van der Waals surface area contributed by atoms with Gasteiger partial charge in [0.05, 0.1) is 18.7 Å². The van der Waals surface area contributed by atoms with E-state index in [9.17, 15) is 18.0 Å². The van der Waals surface area contributed by atoms with Gasteiger partial charge in [-0.3, -0.25) is 4.79 Å². The Balaban J connectivity index is 1.60. The average Bonchev–Trinajstić information content (AvgIpc) is 2.63. The van der Waals surface area contributed by atoms with E-state index in [-0.39, 0.29) is 31.1 Å². The third-order valence-electron chi connectivity index (χ3n) is 3.86. The van der Waals surface area contributed by atoms with E-state index >= 15 is 0 Å². The largest absolute Gasteiger partial charge is 0.491 e. The molecule has 0 saturated carbocycles. The van der Waals surface area contributed by atoms with Gasteiger partial charge in [0.2, 0.25) is 0 Å². The Labute approximate surface area is 142 Å². The summed E-state index contributed by atoms with van der Waals surface area (Å²) in [5.74, 6) is -2.78. The number of benzene rings is 2. The van der Waals surface area contributed by atoms with E-state index < -0.39 is 29.5 Å². The summed E-state index contributed by atoms with van der Waals surface area (Å²) in [6.07, 6.45) is -0.447. The molecule has 2 aromatic carbocycles. The number of hydrogen-bond donors (Lipinski definition) is 0. The van der Waals surface area contributed by atoms with Crippen LogP contribution in [0.5, 0.6) is 5.75 Å². The van der Waals surface area contributed by atoms with E-state index in [1.807, 2.05) is 0 Å². The minimum absolute atomic E-state index is 0.00433. The highest BCUT2D eigenvalue weighted by Gasteiger charge is 2.27. The van der Waals surface area contributed by atoms with Gasteiger partial charge >= 0.3 is 0 Å². The van der Waals surface area contributed by atoms with Gasteiger partial charge in [-0.1, -0.05) is 12.1 Å². The van der Waals surface area contributed by atoms with Gasteiger partial charge in [0.25, 0.3) is 5.91 Å². The van der Waals surface area contributed by atoms with Gasteiger partial charge in [0.15, 0.2) is 11.6 Å². The lowest BCUT2D eigenvalue weighted by atomic mass is 10.1. The SMILES string of the molecule is O=C(c1ccccc1F)N1CCOC(COc2ccc(F)c(F)c2)C1. The summed E-state index contributed by atoms with van der Waals surface area (Å²) < 4.78 is 50.7. The second kappa shape index (κ2) is 7.57. The van der Waals surface area contributed by atoms with E-state index in [0.717, 1.165) is 12.1 Å². The molecule has 0 N–H and O–H groups in total. The van der Waals surface area contributed by atoms with Gasteiger partial charge in [-0.25, -0.2) is 13.2 Å². The Kier molecular flexibility index (Phi) is 5.23. The Morgan fingerprint density at radius 3 is 2.68 bits per heavy atom. The number of nitrogens with zero attached hydrogens (tertiary/aromatic N) is 1. The van der Waals surface area contributed by atoms with Gasteiger partial charge in [-0.05, 0) is 24.3 Å². The second-order valence-corrected chi connectivity index (χ2v) is 5.61. The van der Waals surface area contributed by atoms with Crippen LogP contribution in [0.2, 0.25) is 0 Å². The highest BCUT2D eigenvalue weighted by molar-refractivity contribution is 5.94. The quantitative estimate of drug-likeness (QED) is 0.850. The van der Waals surface area contributed by atoms with Crippen molar-refractivity contribution < 1.29 is 27.4 Å². The molecule has 0 bridgehead atoms. The molecule has 1 fully saturated rings. The van der Waals surface area contributed by atoms with Gasteiger partial charge in [-0.2, -0.15) is 0 Å². The van der Waals surface area contributed by atoms with E-state index in [1.54, 1.807) is 6.07 Å². The monoisotopic (exact) mass is 351 g/mol. The van der Waals surface area contributed by atoms with Crippen molar-refractivity contribution in [1.82, 2.24) is 4.90 Å². The van der Waals surface area contributed by atoms with Crippen LogP contribution >= 0.6 is 0 Å². The summed E-state index contributed by atoms with van der Waals surface area (Å²) in [7, 11) is 0. The van der Waals surface area contributed by atoms with Crippen LogP contribution in [-0.2, 0) is 4.74 Å². The van der Waals surface area contributed by atoms with E-state index in [4.69, 9.17) is 9.47 Å². The van der Waals surface area contributed by atoms with Gasteiger partial charge in [-0.15, -0.1) is 0 Å². The molecule has 7 heteroatoms. The molecular formula is C18H16F3NO3. The number of halogens is 3. The lowest BCUT2D eigenvalue weighted by Crippen LogP contribution is -2.47. The number of carbonyl (C=O) groups excluding carboxylic acids is 1. The fourth-order valence-electron chi connectivity index (χ4n) is 2.57. The molecule has 1 aliphatic heterocycles. The smallest absolute Gasteiger partial charge is 0.256 e. The fourth-order valence-corrected chi connectivity index (χ4v) is 2.57. The van der Waals surface area contributed by atoms with Crippen molar-refractivity contribution in [3.63, 3.8) is 0 Å². The van der Waals surface area contributed by atoms with Crippen LogP contribution in [0.4, 0.5) is 13.2 Å². The summed E-state index contributed by atoms with van der Waals surface area (Å²) in [6, 6.07) is 9.01. The van der Waals surface area contributed by atoms with Crippen molar-refractivity contribution in [2.45, 2.75) is 6.10 Å². The predicted molar refractivity (Wildman–Crippen MR) is 83.9 cm³/mol. The van der Waals surface area contributed by atoms with Crippen molar-refractivity contribution in [2.24, 2.45) is 0 Å². The van der Waals surface area contributed by atoms with Crippen molar-refractivity contribution in [1.29, 1.82) is 0 Å². The standard InChI is InChI=1S/C18H16F3NO3/c19-15-4-2-1-3-14(15)18(23)22-7-8-24-13(10-22)11-25-12-5-6-16(20)17(21)9-12/h1-6,9,13H,7-8,10-11H2. The number of amides is 1. The highest BCUT2D eigenvalue weighted by Crippen LogP contribution is 2.18. The van der Waals surface area contributed by atoms with Crippen LogP contribution < -0.4 is 4.74 Å². The van der Waals surface area contributed by atoms with Crippen molar-refractivity contribution in [3.05, 3.63) is 65.5 Å². The molecular weight excluding hydrogens is 335 g/mol. The number of rotatable bonds is 4. The zero-order valence-electron chi connectivity index (χ0n) is 13.3. The fraction of sp³-hybridized carbons (Fsp3) is 0.278. The molecule has 0 spiro atoms. The Bertz CT molecular complexity index is 769. The molecule has 1 atom stereocenters. The minimum atomic E-state index is -1.00. The molecule has 1 unspecified atom stereocenters. The molecule has 0 aliphatic carbocycles. The maximum absolute atomic E-state index is 13.8. The molecule has 1 heterocycles. The van der Waals surface area contributed by atoms with Gasteiger partial charge < -0.3 is 14.4 Å². The Morgan fingerprint density at radius 2 is 1.92 bits per heavy atom. The molecule has 132 valence electrons. The molecule has 0 radical (unpaired) electrons.